The minimum atomic E-state index is 0.723. The van der Waals surface area contributed by atoms with Crippen molar-refractivity contribution in [3.63, 3.8) is 0 Å². The smallest absolute Gasteiger partial charge is 0.142 e. The van der Waals surface area contributed by atoms with E-state index in [9.17, 15) is 0 Å². The number of aromatic nitrogens is 3. The number of H-pyrrole nitrogens is 1. The van der Waals surface area contributed by atoms with Crippen molar-refractivity contribution < 1.29 is 0 Å². The number of anilines is 1. The molecule has 5 heteroatoms. The normalized spacial score (nSPS) is 16.4. The summed E-state index contributed by atoms with van der Waals surface area (Å²) in [5.74, 6) is 1.75. The fourth-order valence-corrected chi connectivity index (χ4v) is 3.81. The fraction of sp³-hybridized carbons (Fsp3) is 0.400. The first kappa shape index (κ1) is 16.1. The zero-order chi connectivity index (χ0) is 17.1. The molecule has 0 unspecified atom stereocenters. The molecular formula is C20H25N5. The Morgan fingerprint density at radius 1 is 1.12 bits per heavy atom. The molecule has 1 saturated heterocycles. The number of hydrogen-bond donors (Lipinski definition) is 1. The molecule has 0 saturated carbocycles. The average molecular weight is 335 g/mol. The van der Waals surface area contributed by atoms with E-state index < -0.39 is 0 Å². The largest absolute Gasteiger partial charge is 0.359 e. The van der Waals surface area contributed by atoms with Gasteiger partial charge in [0.15, 0.2) is 0 Å². The zero-order valence-corrected chi connectivity index (χ0v) is 14.7. The molecule has 1 fully saturated rings. The number of benzene rings is 1. The fourth-order valence-electron chi connectivity index (χ4n) is 3.81. The first-order chi connectivity index (χ1) is 12.3. The van der Waals surface area contributed by atoms with Crippen LogP contribution in [0.25, 0.3) is 11.0 Å². The van der Waals surface area contributed by atoms with Gasteiger partial charge in [-0.3, -0.25) is 4.90 Å². The van der Waals surface area contributed by atoms with Crippen molar-refractivity contribution in [1.82, 2.24) is 19.9 Å². The monoisotopic (exact) mass is 335 g/mol. The standard InChI is InChI=1S/C20H25N5/c1-24(20-18-7-10-21-19(18)22-15-23-20)13-17-8-11-25(12-9-17)14-16-5-3-2-4-6-16/h2-7,10,15,17H,8-9,11-14H2,1H3,(H,21,22,23). The topological polar surface area (TPSA) is 48.1 Å². The van der Waals surface area contributed by atoms with Crippen LogP contribution in [0.15, 0.2) is 48.9 Å². The number of hydrogen-bond acceptors (Lipinski definition) is 4. The van der Waals surface area contributed by atoms with Crippen LogP contribution in [0.4, 0.5) is 5.82 Å². The number of nitrogens with one attached hydrogen (secondary N) is 1. The van der Waals surface area contributed by atoms with Crippen molar-refractivity contribution in [2.45, 2.75) is 19.4 Å². The molecule has 3 heterocycles. The van der Waals surface area contributed by atoms with Gasteiger partial charge in [0.1, 0.15) is 17.8 Å². The number of aromatic amines is 1. The van der Waals surface area contributed by atoms with Gasteiger partial charge in [-0.1, -0.05) is 30.3 Å². The molecule has 0 bridgehead atoms. The highest BCUT2D eigenvalue weighted by molar-refractivity contribution is 5.87. The van der Waals surface area contributed by atoms with Gasteiger partial charge in [0.2, 0.25) is 0 Å². The van der Waals surface area contributed by atoms with Crippen LogP contribution < -0.4 is 4.90 Å². The van der Waals surface area contributed by atoms with Crippen LogP contribution in [0, 0.1) is 5.92 Å². The Hall–Kier alpha value is -2.40. The number of nitrogens with zero attached hydrogens (tertiary/aromatic N) is 4. The van der Waals surface area contributed by atoms with Gasteiger partial charge in [0.05, 0.1) is 5.39 Å². The van der Waals surface area contributed by atoms with Crippen LogP contribution in [0.2, 0.25) is 0 Å². The predicted molar refractivity (Wildman–Crippen MR) is 102 cm³/mol. The maximum atomic E-state index is 4.50. The maximum absolute atomic E-state index is 4.50. The first-order valence-electron chi connectivity index (χ1n) is 9.05. The van der Waals surface area contributed by atoms with Crippen LogP contribution in [-0.4, -0.2) is 46.5 Å². The van der Waals surface area contributed by atoms with E-state index in [0.717, 1.165) is 35.9 Å². The Kier molecular flexibility index (Phi) is 4.65. The molecule has 3 aromatic rings. The molecule has 1 N–H and O–H groups in total. The van der Waals surface area contributed by atoms with Crippen LogP contribution in [0.3, 0.4) is 0 Å². The van der Waals surface area contributed by atoms with E-state index in [-0.39, 0.29) is 0 Å². The third-order valence-corrected chi connectivity index (χ3v) is 5.18. The van der Waals surface area contributed by atoms with E-state index in [0.29, 0.717) is 0 Å². The lowest BCUT2D eigenvalue weighted by Gasteiger charge is -2.34. The van der Waals surface area contributed by atoms with E-state index >= 15 is 0 Å². The molecule has 0 atom stereocenters. The second kappa shape index (κ2) is 7.23. The van der Waals surface area contributed by atoms with Gasteiger partial charge in [-0.25, -0.2) is 9.97 Å². The molecule has 2 aromatic heterocycles. The number of fused-ring (bicyclic) bond motifs is 1. The molecule has 5 nitrogen and oxygen atoms in total. The molecule has 0 amide bonds. The van der Waals surface area contributed by atoms with Crippen LogP contribution in [0.5, 0.6) is 0 Å². The number of rotatable bonds is 5. The molecule has 1 aromatic carbocycles. The lowest BCUT2D eigenvalue weighted by atomic mass is 9.96. The third kappa shape index (κ3) is 3.66. The van der Waals surface area contributed by atoms with Crippen molar-refractivity contribution in [3.05, 3.63) is 54.5 Å². The molecule has 0 aliphatic carbocycles. The van der Waals surface area contributed by atoms with Gasteiger partial charge in [0.25, 0.3) is 0 Å². The Bertz CT molecular complexity index is 805. The van der Waals surface area contributed by atoms with Crippen LogP contribution in [0.1, 0.15) is 18.4 Å². The second-order valence-electron chi connectivity index (χ2n) is 7.02. The van der Waals surface area contributed by atoms with E-state index in [4.69, 9.17) is 0 Å². The first-order valence-corrected chi connectivity index (χ1v) is 9.05. The molecule has 1 aliphatic heterocycles. The van der Waals surface area contributed by atoms with Crippen molar-refractivity contribution in [1.29, 1.82) is 0 Å². The lowest BCUT2D eigenvalue weighted by Crippen LogP contribution is -2.37. The lowest BCUT2D eigenvalue weighted by molar-refractivity contribution is 0.179. The summed E-state index contributed by atoms with van der Waals surface area (Å²) in [6.07, 6.45) is 6.07. The van der Waals surface area contributed by atoms with Crippen molar-refractivity contribution in [2.75, 3.05) is 31.6 Å². The van der Waals surface area contributed by atoms with Gasteiger partial charge in [-0.05, 0) is 43.5 Å². The summed E-state index contributed by atoms with van der Waals surface area (Å²) in [5.41, 5.74) is 2.32. The summed E-state index contributed by atoms with van der Waals surface area (Å²) < 4.78 is 0. The Morgan fingerprint density at radius 2 is 1.92 bits per heavy atom. The van der Waals surface area contributed by atoms with Crippen LogP contribution >= 0.6 is 0 Å². The SMILES string of the molecule is CN(CC1CCN(Cc2ccccc2)CC1)c1ncnc2[nH]ccc12. The quantitative estimate of drug-likeness (QED) is 0.777. The highest BCUT2D eigenvalue weighted by Gasteiger charge is 2.21. The highest BCUT2D eigenvalue weighted by atomic mass is 15.2. The summed E-state index contributed by atoms with van der Waals surface area (Å²) in [6.45, 7) is 4.48. The van der Waals surface area contributed by atoms with Crippen molar-refractivity contribution in [3.8, 4) is 0 Å². The molecule has 130 valence electrons. The maximum Gasteiger partial charge on any atom is 0.142 e. The average Bonchev–Trinajstić information content (AvgIpc) is 3.13. The van der Waals surface area contributed by atoms with Gasteiger partial charge >= 0.3 is 0 Å². The van der Waals surface area contributed by atoms with E-state index in [2.05, 4.69) is 68.2 Å². The summed E-state index contributed by atoms with van der Waals surface area (Å²) in [5, 5.41) is 1.10. The minimum Gasteiger partial charge on any atom is -0.359 e. The Labute approximate surface area is 148 Å². The van der Waals surface area contributed by atoms with Gasteiger partial charge in [-0.15, -0.1) is 0 Å². The van der Waals surface area contributed by atoms with Gasteiger partial charge < -0.3 is 9.88 Å². The zero-order valence-electron chi connectivity index (χ0n) is 14.7. The van der Waals surface area contributed by atoms with Crippen LogP contribution in [-0.2, 0) is 6.54 Å². The molecule has 1 aliphatic rings. The molecule has 0 radical (unpaired) electrons. The summed E-state index contributed by atoms with van der Waals surface area (Å²) >= 11 is 0. The number of piperidine rings is 1. The van der Waals surface area contributed by atoms with Gasteiger partial charge in [-0.2, -0.15) is 0 Å². The molecule has 0 spiro atoms. The van der Waals surface area contributed by atoms with E-state index in [1.807, 2.05) is 6.20 Å². The summed E-state index contributed by atoms with van der Waals surface area (Å²) in [4.78, 5) is 16.8. The van der Waals surface area contributed by atoms with E-state index in [1.54, 1.807) is 6.33 Å². The molecule has 25 heavy (non-hydrogen) atoms. The Balaban J connectivity index is 1.33. The highest BCUT2D eigenvalue weighted by Crippen LogP contribution is 2.25. The Morgan fingerprint density at radius 3 is 2.72 bits per heavy atom. The second-order valence-corrected chi connectivity index (χ2v) is 7.02. The molecular weight excluding hydrogens is 310 g/mol. The van der Waals surface area contributed by atoms with Crippen molar-refractivity contribution >= 4 is 16.9 Å². The summed E-state index contributed by atoms with van der Waals surface area (Å²) in [6, 6.07) is 12.8. The minimum absolute atomic E-state index is 0.723. The van der Waals surface area contributed by atoms with Gasteiger partial charge in [0, 0.05) is 26.3 Å². The van der Waals surface area contributed by atoms with E-state index in [1.165, 1.54) is 31.5 Å². The third-order valence-electron chi connectivity index (χ3n) is 5.18. The molecule has 4 rings (SSSR count). The van der Waals surface area contributed by atoms with Crippen molar-refractivity contribution in [2.24, 2.45) is 5.92 Å². The predicted octanol–water partition coefficient (Wildman–Crippen LogP) is 3.31. The number of likely N-dealkylation sites (tertiary alicyclic amines) is 1. The summed E-state index contributed by atoms with van der Waals surface area (Å²) in [7, 11) is 2.14.